The molecule has 0 spiro atoms. The summed E-state index contributed by atoms with van der Waals surface area (Å²) in [5.74, 6) is 0.538. The highest BCUT2D eigenvalue weighted by molar-refractivity contribution is 9.10. The first-order chi connectivity index (χ1) is 13.1. The van der Waals surface area contributed by atoms with Gasteiger partial charge >= 0.3 is 0 Å². The molecule has 1 aliphatic heterocycles. The van der Waals surface area contributed by atoms with E-state index in [4.69, 9.17) is 14.2 Å². The molecule has 1 aliphatic rings. The summed E-state index contributed by atoms with van der Waals surface area (Å²) in [4.78, 5) is 19.2. The molecule has 1 saturated heterocycles. The number of rotatable bonds is 6. The van der Waals surface area contributed by atoms with Crippen LogP contribution in [0.1, 0.15) is 18.4 Å². The molecule has 0 atom stereocenters. The van der Waals surface area contributed by atoms with Gasteiger partial charge in [-0.3, -0.25) is 4.79 Å². The molecule has 142 valence electrons. The van der Waals surface area contributed by atoms with Crippen molar-refractivity contribution in [3.05, 3.63) is 38.6 Å². The Kier molecular flexibility index (Phi) is 6.90. The van der Waals surface area contributed by atoms with E-state index in [0.29, 0.717) is 48.4 Å². The quantitative estimate of drug-likeness (QED) is 0.531. The number of nitrogens with zero attached hydrogens (tertiary/aromatic N) is 2. The lowest BCUT2D eigenvalue weighted by Gasteiger charge is -2.23. The van der Waals surface area contributed by atoms with Gasteiger partial charge in [0, 0.05) is 16.5 Å². The lowest BCUT2D eigenvalue weighted by atomic mass is 10.1. The summed E-state index contributed by atoms with van der Waals surface area (Å²) in [7, 11) is 0. The van der Waals surface area contributed by atoms with Crippen LogP contribution >= 0.6 is 27.7 Å². The van der Waals surface area contributed by atoms with E-state index in [0.717, 1.165) is 10.9 Å². The lowest BCUT2D eigenvalue weighted by molar-refractivity contribution is -0.183. The van der Waals surface area contributed by atoms with Crippen LogP contribution < -0.4 is 10.3 Å². The van der Waals surface area contributed by atoms with Gasteiger partial charge in [-0.25, -0.2) is 4.98 Å². The van der Waals surface area contributed by atoms with Gasteiger partial charge in [0.25, 0.3) is 5.56 Å². The van der Waals surface area contributed by atoms with Crippen molar-refractivity contribution < 1.29 is 14.2 Å². The van der Waals surface area contributed by atoms with E-state index in [1.807, 2.05) is 12.1 Å². The van der Waals surface area contributed by atoms with Crippen LogP contribution in [0, 0.1) is 11.3 Å². The molecular weight excluding hydrogens is 434 g/mol. The molecule has 9 heteroatoms. The van der Waals surface area contributed by atoms with Gasteiger partial charge in [0.15, 0.2) is 11.4 Å². The molecule has 0 unspecified atom stereocenters. The zero-order valence-corrected chi connectivity index (χ0v) is 17.1. The number of thioether (sulfide) groups is 1. The Morgan fingerprint density at radius 1 is 1.44 bits per heavy atom. The van der Waals surface area contributed by atoms with Gasteiger partial charge in [-0.2, -0.15) is 5.26 Å². The van der Waals surface area contributed by atoms with E-state index in [1.54, 1.807) is 18.4 Å². The monoisotopic (exact) mass is 451 g/mol. The largest absolute Gasteiger partial charge is 0.493 e. The van der Waals surface area contributed by atoms with Crippen LogP contribution in [-0.4, -0.2) is 42.3 Å². The van der Waals surface area contributed by atoms with E-state index in [1.165, 1.54) is 11.8 Å². The second-order valence-corrected chi connectivity index (χ2v) is 7.42. The molecule has 3 rings (SSSR count). The van der Waals surface area contributed by atoms with E-state index < -0.39 is 5.56 Å². The van der Waals surface area contributed by atoms with E-state index in [-0.39, 0.29) is 11.9 Å². The fourth-order valence-electron chi connectivity index (χ4n) is 2.63. The molecule has 1 aromatic heterocycles. The fraction of sp³-hybridized carbons (Fsp3) is 0.389. The van der Waals surface area contributed by atoms with Crippen molar-refractivity contribution in [2.75, 3.05) is 26.1 Å². The Balaban J connectivity index is 1.89. The van der Waals surface area contributed by atoms with Gasteiger partial charge in [-0.15, -0.1) is 0 Å². The molecule has 2 heterocycles. The van der Waals surface area contributed by atoms with Crippen LogP contribution in [0.15, 0.2) is 32.6 Å². The summed E-state index contributed by atoms with van der Waals surface area (Å²) >= 11 is 4.72. The Morgan fingerprint density at radius 3 is 2.93 bits per heavy atom. The smallest absolute Gasteiger partial charge is 0.270 e. The highest BCUT2D eigenvalue weighted by atomic mass is 79.9. The molecular formula is C18H18BrN3O4S. The number of hydrogen-bond donors (Lipinski definition) is 1. The van der Waals surface area contributed by atoms with E-state index in [2.05, 4.69) is 25.9 Å². The number of aromatic nitrogens is 2. The highest BCUT2D eigenvalue weighted by Crippen LogP contribution is 2.33. The van der Waals surface area contributed by atoms with E-state index in [9.17, 15) is 10.1 Å². The average molecular weight is 452 g/mol. The maximum Gasteiger partial charge on any atom is 0.270 e. The maximum absolute atomic E-state index is 12.2. The van der Waals surface area contributed by atoms with Crippen LogP contribution in [0.5, 0.6) is 5.75 Å². The molecule has 0 amide bonds. The first kappa shape index (κ1) is 19.9. The van der Waals surface area contributed by atoms with E-state index >= 15 is 0 Å². The number of aromatic amines is 1. The maximum atomic E-state index is 12.2. The third-order valence-electron chi connectivity index (χ3n) is 3.91. The van der Waals surface area contributed by atoms with Crippen LogP contribution in [0.2, 0.25) is 0 Å². The van der Waals surface area contributed by atoms with Gasteiger partial charge in [-0.1, -0.05) is 27.7 Å². The molecule has 27 heavy (non-hydrogen) atoms. The zero-order valence-electron chi connectivity index (χ0n) is 14.7. The topological polar surface area (TPSA) is 97.2 Å². The van der Waals surface area contributed by atoms with Crippen LogP contribution in [0.3, 0.4) is 0 Å². The Bertz CT molecular complexity index is 906. The van der Waals surface area contributed by atoms with Crippen molar-refractivity contribution in [3.63, 3.8) is 0 Å². The molecule has 1 aromatic carbocycles. The fourth-order valence-corrected chi connectivity index (χ4v) is 3.37. The molecule has 1 fully saturated rings. The number of halogens is 1. The van der Waals surface area contributed by atoms with Gasteiger partial charge in [0.2, 0.25) is 0 Å². The minimum atomic E-state index is -0.471. The Hall–Kier alpha value is -1.86. The molecule has 7 nitrogen and oxygen atoms in total. The molecule has 0 radical (unpaired) electrons. The predicted molar refractivity (Wildman–Crippen MR) is 105 cm³/mol. The predicted octanol–water partition coefficient (Wildman–Crippen LogP) is 3.32. The summed E-state index contributed by atoms with van der Waals surface area (Å²) in [5, 5.41) is 9.86. The molecule has 0 bridgehead atoms. The van der Waals surface area contributed by atoms with Gasteiger partial charge in [0.1, 0.15) is 23.1 Å². The number of hydrogen-bond acceptors (Lipinski definition) is 7. The average Bonchev–Trinajstić information content (AvgIpc) is 2.69. The standard InChI is InChI=1S/C18H18BrN3O4S/c1-27-18-21-16(13(10-20)17(23)22-18)12-9-11(19)3-4-14(12)24-8-5-15-25-6-2-7-26-15/h3-4,9,15H,2,5-8H2,1H3,(H,21,22,23). The van der Waals surface area contributed by atoms with Crippen molar-refractivity contribution >= 4 is 27.7 Å². The summed E-state index contributed by atoms with van der Waals surface area (Å²) in [5.41, 5.74) is 0.358. The number of nitrogens with one attached hydrogen (secondary N) is 1. The molecule has 0 aliphatic carbocycles. The SMILES string of the molecule is CSc1nc(-c2cc(Br)ccc2OCCC2OCCCO2)c(C#N)c(=O)[nH]1. The Labute approximate surface area is 169 Å². The molecule has 1 N–H and O–H groups in total. The number of H-pyrrole nitrogens is 1. The number of benzene rings is 1. The van der Waals surface area contributed by atoms with Crippen molar-refractivity contribution in [1.82, 2.24) is 9.97 Å². The first-order valence-corrected chi connectivity index (χ1v) is 10.4. The van der Waals surface area contributed by atoms with Gasteiger partial charge in [0.05, 0.1) is 19.8 Å². The third kappa shape index (κ3) is 4.90. The van der Waals surface area contributed by atoms with Crippen molar-refractivity contribution in [3.8, 4) is 23.1 Å². The first-order valence-electron chi connectivity index (χ1n) is 8.36. The second kappa shape index (κ2) is 9.37. The van der Waals surface area contributed by atoms with Crippen LogP contribution in [0.25, 0.3) is 11.3 Å². The minimum Gasteiger partial charge on any atom is -0.493 e. The summed E-state index contributed by atoms with van der Waals surface area (Å²) in [6, 6.07) is 7.35. The lowest BCUT2D eigenvalue weighted by Crippen LogP contribution is -2.26. The summed E-state index contributed by atoms with van der Waals surface area (Å²) in [6.07, 6.45) is 3.01. The van der Waals surface area contributed by atoms with Crippen molar-refractivity contribution in [1.29, 1.82) is 5.26 Å². The third-order valence-corrected chi connectivity index (χ3v) is 4.98. The highest BCUT2D eigenvalue weighted by Gasteiger charge is 2.19. The minimum absolute atomic E-state index is 0.0466. The summed E-state index contributed by atoms with van der Waals surface area (Å²) < 4.78 is 17.7. The summed E-state index contributed by atoms with van der Waals surface area (Å²) in [6.45, 7) is 1.75. The second-order valence-electron chi connectivity index (χ2n) is 5.71. The number of nitriles is 1. The Morgan fingerprint density at radius 2 is 2.22 bits per heavy atom. The normalized spacial score (nSPS) is 14.7. The molecule has 2 aromatic rings. The molecule has 0 saturated carbocycles. The van der Waals surface area contributed by atoms with Crippen molar-refractivity contribution in [2.45, 2.75) is 24.3 Å². The van der Waals surface area contributed by atoms with Gasteiger partial charge in [-0.05, 0) is 30.9 Å². The van der Waals surface area contributed by atoms with Gasteiger partial charge < -0.3 is 19.2 Å². The zero-order chi connectivity index (χ0) is 19.2. The van der Waals surface area contributed by atoms with Crippen LogP contribution in [0.4, 0.5) is 0 Å². The van der Waals surface area contributed by atoms with Crippen molar-refractivity contribution in [2.24, 2.45) is 0 Å². The van der Waals surface area contributed by atoms with Crippen LogP contribution in [-0.2, 0) is 9.47 Å². The number of ether oxygens (including phenoxy) is 3.